The third-order valence-electron chi connectivity index (χ3n) is 5.27. The molecule has 1 aliphatic rings. The molecule has 0 aromatic rings. The van der Waals surface area contributed by atoms with Gasteiger partial charge in [-0.1, -0.05) is 27.2 Å². The second kappa shape index (κ2) is 14.1. The van der Waals surface area contributed by atoms with E-state index in [2.05, 4.69) is 21.3 Å². The third kappa shape index (κ3) is 10.9. The second-order valence-corrected chi connectivity index (χ2v) is 10.3. The molecule has 0 bridgehead atoms. The van der Waals surface area contributed by atoms with Crippen molar-refractivity contribution in [2.24, 2.45) is 5.92 Å². The summed E-state index contributed by atoms with van der Waals surface area (Å²) in [7, 11) is -4.38. The van der Waals surface area contributed by atoms with E-state index in [4.69, 9.17) is 0 Å². The number of hydrogen-bond acceptors (Lipinski definition) is 5. The summed E-state index contributed by atoms with van der Waals surface area (Å²) in [5.74, 6) is -1.53. The minimum atomic E-state index is -4.38. The van der Waals surface area contributed by atoms with E-state index in [-0.39, 0.29) is 18.2 Å². The van der Waals surface area contributed by atoms with Gasteiger partial charge in [-0.05, 0) is 64.0 Å². The van der Waals surface area contributed by atoms with Gasteiger partial charge in [0, 0.05) is 6.54 Å². The molecule has 0 radical (unpaired) electrons. The predicted molar refractivity (Wildman–Crippen MR) is 118 cm³/mol. The maximum Gasteiger partial charge on any atom is 0.342 e. The lowest BCUT2D eigenvalue weighted by Crippen LogP contribution is -2.54. The van der Waals surface area contributed by atoms with Crippen molar-refractivity contribution in [2.75, 3.05) is 19.6 Å². The Morgan fingerprint density at radius 3 is 2.37 bits per heavy atom. The highest BCUT2D eigenvalue weighted by Crippen LogP contribution is 2.41. The predicted octanol–water partition coefficient (Wildman–Crippen LogP) is 1.45. The summed E-state index contributed by atoms with van der Waals surface area (Å²) >= 11 is 0. The molecule has 6 N–H and O–H groups in total. The van der Waals surface area contributed by atoms with Crippen molar-refractivity contribution in [1.29, 1.82) is 0 Å². The van der Waals surface area contributed by atoms with E-state index in [0.717, 1.165) is 45.2 Å². The SMILES string of the molecule is CC[C@H](NC(CC(C)C)C(=O)NC1CCCCNCCCCCNC1=O)P(=O)(O)O. The number of rotatable bonds is 8. The fourth-order valence-electron chi connectivity index (χ4n) is 3.56. The van der Waals surface area contributed by atoms with Crippen LogP contribution in [0.1, 0.15) is 72.1 Å². The highest BCUT2D eigenvalue weighted by Gasteiger charge is 2.33. The maximum atomic E-state index is 13.0. The van der Waals surface area contributed by atoms with Gasteiger partial charge in [0.15, 0.2) is 0 Å². The Kier molecular flexibility index (Phi) is 12.8. The molecule has 0 spiro atoms. The fourth-order valence-corrected chi connectivity index (χ4v) is 4.41. The molecule has 1 aliphatic heterocycles. The molecule has 2 unspecified atom stereocenters. The molecule has 1 saturated heterocycles. The normalized spacial score (nSPS) is 22.2. The van der Waals surface area contributed by atoms with Crippen LogP contribution < -0.4 is 21.3 Å². The van der Waals surface area contributed by atoms with Crippen molar-refractivity contribution in [3.63, 3.8) is 0 Å². The molecule has 0 aromatic heterocycles. The van der Waals surface area contributed by atoms with Gasteiger partial charge in [-0.3, -0.25) is 19.5 Å². The Morgan fingerprint density at radius 1 is 1.13 bits per heavy atom. The fraction of sp³-hybridized carbons (Fsp3) is 0.900. The van der Waals surface area contributed by atoms with Crippen molar-refractivity contribution in [3.8, 4) is 0 Å². The molecule has 3 atom stereocenters. The van der Waals surface area contributed by atoms with Gasteiger partial charge in [-0.15, -0.1) is 0 Å². The molecule has 1 fully saturated rings. The number of amides is 2. The number of hydrogen-bond donors (Lipinski definition) is 6. The van der Waals surface area contributed by atoms with Crippen molar-refractivity contribution in [1.82, 2.24) is 21.3 Å². The van der Waals surface area contributed by atoms with E-state index >= 15 is 0 Å². The molecule has 0 aliphatic carbocycles. The molecule has 9 nitrogen and oxygen atoms in total. The number of carbonyl (C=O) groups is 2. The molecule has 0 saturated carbocycles. The first-order valence-corrected chi connectivity index (χ1v) is 12.9. The molecule has 1 heterocycles. The molecule has 0 aromatic carbocycles. The van der Waals surface area contributed by atoms with Crippen LogP contribution in [0.5, 0.6) is 0 Å². The zero-order valence-electron chi connectivity index (χ0n) is 18.7. The van der Waals surface area contributed by atoms with E-state index in [0.29, 0.717) is 19.4 Å². The summed E-state index contributed by atoms with van der Waals surface area (Å²) in [4.78, 5) is 44.7. The van der Waals surface area contributed by atoms with Gasteiger partial charge in [0.1, 0.15) is 11.8 Å². The van der Waals surface area contributed by atoms with Gasteiger partial charge in [-0.25, -0.2) is 0 Å². The lowest BCUT2D eigenvalue weighted by Gasteiger charge is -2.28. The summed E-state index contributed by atoms with van der Waals surface area (Å²) in [6.45, 7) is 8.00. The highest BCUT2D eigenvalue weighted by molar-refractivity contribution is 7.52. The topological polar surface area (TPSA) is 140 Å². The van der Waals surface area contributed by atoms with Crippen molar-refractivity contribution >= 4 is 19.4 Å². The largest absolute Gasteiger partial charge is 0.354 e. The first-order valence-electron chi connectivity index (χ1n) is 11.2. The smallest absolute Gasteiger partial charge is 0.342 e. The molecular weight excluding hydrogens is 407 g/mol. The Labute approximate surface area is 180 Å². The first kappa shape index (κ1) is 27.0. The molecule has 1 rings (SSSR count). The Hall–Kier alpha value is -0.990. The summed E-state index contributed by atoms with van der Waals surface area (Å²) in [5, 5.41) is 12.0. The molecule has 176 valence electrons. The van der Waals surface area contributed by atoms with Gasteiger partial charge in [0.2, 0.25) is 11.8 Å². The van der Waals surface area contributed by atoms with Crippen molar-refractivity contribution < 1.29 is 23.9 Å². The summed E-state index contributed by atoms with van der Waals surface area (Å²) in [6.07, 6.45) is 5.87. The van der Waals surface area contributed by atoms with Gasteiger partial charge in [-0.2, -0.15) is 0 Å². The number of carbonyl (C=O) groups excluding carboxylic acids is 2. The van der Waals surface area contributed by atoms with E-state index in [1.165, 1.54) is 0 Å². The summed E-state index contributed by atoms with van der Waals surface area (Å²) in [5.41, 5.74) is 0. The van der Waals surface area contributed by atoms with Crippen molar-refractivity contribution in [2.45, 2.75) is 90.0 Å². The van der Waals surface area contributed by atoms with E-state index in [9.17, 15) is 23.9 Å². The van der Waals surface area contributed by atoms with E-state index < -0.39 is 31.4 Å². The second-order valence-electron chi connectivity index (χ2n) is 8.52. The highest BCUT2D eigenvalue weighted by atomic mass is 31.2. The maximum absolute atomic E-state index is 13.0. The van der Waals surface area contributed by atoms with Gasteiger partial charge in [0.05, 0.1) is 6.04 Å². The molecular formula is C20H41N4O5P. The number of nitrogens with one attached hydrogen (secondary N) is 4. The Balaban J connectivity index is 2.84. The van der Waals surface area contributed by atoms with Crippen molar-refractivity contribution in [3.05, 3.63) is 0 Å². The third-order valence-corrected chi connectivity index (χ3v) is 6.60. The van der Waals surface area contributed by atoms with Gasteiger partial charge >= 0.3 is 7.60 Å². The molecule has 2 amide bonds. The lowest BCUT2D eigenvalue weighted by molar-refractivity contribution is -0.130. The lowest BCUT2D eigenvalue weighted by atomic mass is 10.0. The Morgan fingerprint density at radius 2 is 1.77 bits per heavy atom. The average Bonchev–Trinajstić information content (AvgIpc) is 2.67. The monoisotopic (exact) mass is 448 g/mol. The van der Waals surface area contributed by atoms with E-state index in [1.54, 1.807) is 6.92 Å². The van der Waals surface area contributed by atoms with Crippen LogP contribution in [0.3, 0.4) is 0 Å². The van der Waals surface area contributed by atoms with Crippen LogP contribution in [-0.2, 0) is 14.2 Å². The first-order chi connectivity index (χ1) is 14.1. The summed E-state index contributed by atoms with van der Waals surface area (Å²) < 4.78 is 11.7. The average molecular weight is 449 g/mol. The molecule has 30 heavy (non-hydrogen) atoms. The van der Waals surface area contributed by atoms with Crippen LogP contribution in [0, 0.1) is 5.92 Å². The quantitative estimate of drug-likeness (QED) is 0.309. The van der Waals surface area contributed by atoms with Gasteiger partial charge in [0.25, 0.3) is 0 Å². The summed E-state index contributed by atoms with van der Waals surface area (Å²) in [6, 6.07) is -1.42. The molecule has 10 heteroatoms. The van der Waals surface area contributed by atoms with Gasteiger partial charge < -0.3 is 25.7 Å². The van der Waals surface area contributed by atoms with E-state index in [1.807, 2.05) is 13.8 Å². The van der Waals surface area contributed by atoms with Crippen LogP contribution in [0.15, 0.2) is 0 Å². The standard InChI is InChI=1S/C20H41N4O5P/c1-4-18(30(27,28)29)23-17(14-15(2)3)20(26)24-16-10-6-9-12-21-11-7-5-8-13-22-19(16)25/h15-18,21,23H,4-14H2,1-3H3,(H,22,25)(H,24,26)(H2,27,28,29)/t16?,17?,18-/m1/s1. The Bertz CT molecular complexity index is 569. The minimum absolute atomic E-state index is 0.141. The van der Waals surface area contributed by atoms with Crippen LogP contribution in [0.2, 0.25) is 0 Å². The van der Waals surface area contributed by atoms with Crippen LogP contribution in [0.4, 0.5) is 0 Å². The van der Waals surface area contributed by atoms with Crippen LogP contribution in [0.25, 0.3) is 0 Å². The zero-order valence-corrected chi connectivity index (χ0v) is 19.5. The zero-order chi connectivity index (χ0) is 22.6. The van der Waals surface area contributed by atoms with Crippen LogP contribution in [-0.4, -0.2) is 59.1 Å². The van der Waals surface area contributed by atoms with Crippen LogP contribution >= 0.6 is 7.60 Å². The minimum Gasteiger partial charge on any atom is -0.354 e.